The fourth-order valence-corrected chi connectivity index (χ4v) is 4.86. The summed E-state index contributed by atoms with van der Waals surface area (Å²) in [5.74, 6) is -0.398. The van der Waals surface area contributed by atoms with Crippen LogP contribution < -0.4 is 10.5 Å². The predicted octanol–water partition coefficient (Wildman–Crippen LogP) is 1.96. The van der Waals surface area contributed by atoms with Crippen LogP contribution in [-0.4, -0.2) is 65.4 Å². The first-order valence-electron chi connectivity index (χ1n) is 11.6. The number of anilines is 1. The molecule has 2 aromatic heterocycles. The first-order chi connectivity index (χ1) is 16.1. The van der Waals surface area contributed by atoms with Crippen LogP contribution in [0.2, 0.25) is 0 Å². The van der Waals surface area contributed by atoms with Gasteiger partial charge in [0.15, 0.2) is 5.79 Å². The Morgan fingerprint density at radius 1 is 1.09 bits per heavy atom. The number of fused-ring (bicyclic) bond motifs is 1. The van der Waals surface area contributed by atoms with Crippen molar-refractivity contribution < 1.29 is 14.3 Å². The Balaban J connectivity index is 1.54. The third-order valence-electron chi connectivity index (χ3n) is 6.67. The average Bonchev–Trinajstić information content (AvgIpc) is 3.32. The Morgan fingerprint density at radius 3 is 2.52 bits per heavy atom. The number of pyridine rings is 1. The van der Waals surface area contributed by atoms with Gasteiger partial charge < -0.3 is 19.3 Å². The van der Waals surface area contributed by atoms with Gasteiger partial charge in [-0.2, -0.15) is 5.26 Å². The zero-order valence-corrected chi connectivity index (χ0v) is 18.5. The lowest BCUT2D eigenvalue weighted by Gasteiger charge is -2.38. The molecule has 33 heavy (non-hydrogen) atoms. The van der Waals surface area contributed by atoms with Crippen molar-refractivity contribution in [3.05, 3.63) is 45.9 Å². The van der Waals surface area contributed by atoms with E-state index in [1.807, 2.05) is 17.0 Å². The fraction of sp³-hybridized carbons (Fsp3) is 0.500. The number of hydrogen-bond acceptors (Lipinski definition) is 7. The molecule has 5 heterocycles. The second-order valence-electron chi connectivity index (χ2n) is 8.70. The number of ether oxygens (including phenoxy) is 2. The maximum Gasteiger partial charge on any atom is 0.267 e. The highest BCUT2D eigenvalue weighted by molar-refractivity contribution is 6.02. The van der Waals surface area contributed by atoms with Crippen LogP contribution in [0.25, 0.3) is 11.7 Å². The molecule has 3 fully saturated rings. The molecule has 9 nitrogen and oxygen atoms in total. The van der Waals surface area contributed by atoms with E-state index in [-0.39, 0.29) is 22.6 Å². The molecule has 1 spiro atoms. The summed E-state index contributed by atoms with van der Waals surface area (Å²) in [5.41, 5.74) is 0.432. The number of nitriles is 1. The Bertz CT molecular complexity index is 1180. The SMILES string of the molecule is N#C/C(=C/c1c(N2CCC3(CC2)OCCO3)nc2ccccn2c1=O)C(=O)N1CCCCC1. The molecule has 3 aliphatic heterocycles. The first-order valence-corrected chi connectivity index (χ1v) is 11.6. The number of aromatic nitrogens is 2. The number of carbonyl (C=O) groups is 1. The third-order valence-corrected chi connectivity index (χ3v) is 6.67. The molecule has 0 radical (unpaired) electrons. The van der Waals surface area contributed by atoms with E-state index < -0.39 is 5.79 Å². The van der Waals surface area contributed by atoms with Crippen molar-refractivity contribution in [1.82, 2.24) is 14.3 Å². The maximum atomic E-state index is 13.5. The van der Waals surface area contributed by atoms with Gasteiger partial charge in [0.25, 0.3) is 11.5 Å². The smallest absolute Gasteiger partial charge is 0.267 e. The zero-order chi connectivity index (χ0) is 22.8. The minimum Gasteiger partial charge on any atom is -0.355 e. The predicted molar refractivity (Wildman–Crippen MR) is 122 cm³/mol. The number of carbonyl (C=O) groups excluding carboxylic acids is 1. The summed E-state index contributed by atoms with van der Waals surface area (Å²) < 4.78 is 13.1. The van der Waals surface area contributed by atoms with Gasteiger partial charge in [-0.3, -0.25) is 14.0 Å². The van der Waals surface area contributed by atoms with Crippen LogP contribution in [0.1, 0.15) is 37.7 Å². The van der Waals surface area contributed by atoms with Crippen molar-refractivity contribution in [1.29, 1.82) is 5.26 Å². The van der Waals surface area contributed by atoms with Crippen molar-refractivity contribution in [2.24, 2.45) is 0 Å². The molecular formula is C24H27N5O4. The molecule has 0 atom stereocenters. The van der Waals surface area contributed by atoms with Gasteiger partial charge in [-0.05, 0) is 37.5 Å². The van der Waals surface area contributed by atoms with Crippen molar-refractivity contribution in [2.45, 2.75) is 37.9 Å². The van der Waals surface area contributed by atoms with Gasteiger partial charge in [-0.25, -0.2) is 4.98 Å². The zero-order valence-electron chi connectivity index (χ0n) is 18.5. The fourth-order valence-electron chi connectivity index (χ4n) is 4.86. The summed E-state index contributed by atoms with van der Waals surface area (Å²) in [4.78, 5) is 35.0. The van der Waals surface area contributed by atoms with Gasteiger partial charge >= 0.3 is 0 Å². The topological polar surface area (TPSA) is 100 Å². The van der Waals surface area contributed by atoms with Crippen LogP contribution in [0.3, 0.4) is 0 Å². The highest BCUT2D eigenvalue weighted by Crippen LogP contribution is 2.33. The van der Waals surface area contributed by atoms with E-state index in [4.69, 9.17) is 14.5 Å². The summed E-state index contributed by atoms with van der Waals surface area (Å²) in [6.07, 6.45) is 7.32. The van der Waals surface area contributed by atoms with Crippen LogP contribution in [0.5, 0.6) is 0 Å². The highest BCUT2D eigenvalue weighted by Gasteiger charge is 2.40. The minimum atomic E-state index is -0.555. The highest BCUT2D eigenvalue weighted by atomic mass is 16.7. The molecular weight excluding hydrogens is 422 g/mol. The summed E-state index contributed by atoms with van der Waals surface area (Å²) in [5, 5.41) is 9.79. The van der Waals surface area contributed by atoms with Crippen molar-refractivity contribution >= 4 is 23.4 Å². The van der Waals surface area contributed by atoms with Crippen molar-refractivity contribution in [3.63, 3.8) is 0 Å². The van der Waals surface area contributed by atoms with Crippen LogP contribution >= 0.6 is 0 Å². The lowest BCUT2D eigenvalue weighted by Crippen LogP contribution is -2.46. The molecule has 0 unspecified atom stereocenters. The second kappa shape index (κ2) is 8.96. The van der Waals surface area contributed by atoms with E-state index >= 15 is 0 Å². The third kappa shape index (κ3) is 4.12. The molecule has 0 bridgehead atoms. The molecule has 5 rings (SSSR count). The molecule has 3 saturated heterocycles. The monoisotopic (exact) mass is 449 g/mol. The molecule has 9 heteroatoms. The average molecular weight is 450 g/mol. The Morgan fingerprint density at radius 2 is 1.82 bits per heavy atom. The molecule has 1 amide bonds. The second-order valence-corrected chi connectivity index (χ2v) is 8.70. The number of amides is 1. The summed E-state index contributed by atoms with van der Waals surface area (Å²) in [7, 11) is 0. The first kappa shape index (κ1) is 21.6. The van der Waals surface area contributed by atoms with Gasteiger partial charge in [-0.1, -0.05) is 6.07 Å². The van der Waals surface area contributed by atoms with Gasteiger partial charge in [-0.15, -0.1) is 0 Å². The quantitative estimate of drug-likeness (QED) is 0.522. The van der Waals surface area contributed by atoms with E-state index in [0.29, 0.717) is 63.7 Å². The number of rotatable bonds is 3. The normalized spacial score (nSPS) is 20.9. The van der Waals surface area contributed by atoms with Gasteiger partial charge in [0.1, 0.15) is 23.1 Å². The van der Waals surface area contributed by atoms with E-state index in [1.54, 1.807) is 23.2 Å². The van der Waals surface area contributed by atoms with Crippen molar-refractivity contribution in [2.75, 3.05) is 44.3 Å². The van der Waals surface area contributed by atoms with Crippen LogP contribution in [0.15, 0.2) is 34.8 Å². The van der Waals surface area contributed by atoms with Gasteiger partial charge in [0.2, 0.25) is 0 Å². The number of likely N-dealkylation sites (tertiary alicyclic amines) is 1. The number of nitrogens with zero attached hydrogens (tertiary/aromatic N) is 5. The summed E-state index contributed by atoms with van der Waals surface area (Å²) in [6.45, 7) is 3.64. The van der Waals surface area contributed by atoms with E-state index in [0.717, 1.165) is 19.3 Å². The molecule has 0 aliphatic carbocycles. The lowest BCUT2D eigenvalue weighted by molar-refractivity contribution is -0.169. The number of piperidine rings is 2. The molecule has 3 aliphatic rings. The van der Waals surface area contributed by atoms with Crippen molar-refractivity contribution in [3.8, 4) is 6.07 Å². The maximum absolute atomic E-state index is 13.5. The molecule has 0 N–H and O–H groups in total. The minimum absolute atomic E-state index is 0.0381. The standard InChI is InChI=1S/C24H27N5O4/c25-17-18(22(30)28-9-3-1-4-10-28)16-19-21(26-20-6-2-5-11-29(20)23(19)31)27-12-7-24(8-13-27)32-14-15-33-24/h2,5-6,11,16H,1,3-4,7-10,12-15H2/b18-16-. The van der Waals surface area contributed by atoms with Crippen LogP contribution in [-0.2, 0) is 14.3 Å². The van der Waals surface area contributed by atoms with E-state index in [2.05, 4.69) is 0 Å². The molecule has 2 aromatic rings. The molecule has 172 valence electrons. The Kier molecular flexibility index (Phi) is 5.87. The molecule has 0 saturated carbocycles. The Labute approximate surface area is 191 Å². The van der Waals surface area contributed by atoms with Crippen LogP contribution in [0, 0.1) is 11.3 Å². The van der Waals surface area contributed by atoms with E-state index in [9.17, 15) is 14.9 Å². The van der Waals surface area contributed by atoms with Crippen LogP contribution in [0.4, 0.5) is 5.82 Å². The molecule has 0 aromatic carbocycles. The number of hydrogen-bond donors (Lipinski definition) is 0. The van der Waals surface area contributed by atoms with Gasteiger partial charge in [0.05, 0.1) is 18.8 Å². The largest absolute Gasteiger partial charge is 0.355 e. The van der Waals surface area contributed by atoms with Gasteiger partial charge in [0, 0.05) is 45.2 Å². The van der Waals surface area contributed by atoms with E-state index in [1.165, 1.54) is 10.5 Å². The summed E-state index contributed by atoms with van der Waals surface area (Å²) >= 11 is 0. The summed E-state index contributed by atoms with van der Waals surface area (Å²) in [6, 6.07) is 7.39. The lowest BCUT2D eigenvalue weighted by atomic mass is 10.0. The Hall–Kier alpha value is -3.22.